The van der Waals surface area contributed by atoms with Crippen molar-refractivity contribution in [2.75, 3.05) is 13.2 Å². The summed E-state index contributed by atoms with van der Waals surface area (Å²) >= 11 is 0. The number of hydrogen-bond acceptors (Lipinski definition) is 2. The van der Waals surface area contributed by atoms with Crippen LogP contribution in [0.5, 0.6) is 0 Å². The van der Waals surface area contributed by atoms with Crippen LogP contribution in [0, 0.1) is 0 Å². The second-order valence-electron chi connectivity index (χ2n) is 5.02. The lowest BCUT2D eigenvalue weighted by molar-refractivity contribution is -0.0718. The van der Waals surface area contributed by atoms with Gasteiger partial charge in [0.25, 0.3) is 0 Å². The zero-order chi connectivity index (χ0) is 14.0. The largest absolute Gasteiger partial charge is 0.374 e. The van der Waals surface area contributed by atoms with Gasteiger partial charge in [-0.2, -0.15) is 0 Å². The van der Waals surface area contributed by atoms with Gasteiger partial charge in [-0.15, -0.1) is 0 Å². The van der Waals surface area contributed by atoms with Gasteiger partial charge in [0, 0.05) is 12.6 Å². The molecule has 1 atom stereocenters. The van der Waals surface area contributed by atoms with Crippen molar-refractivity contribution in [3.63, 3.8) is 0 Å². The minimum Gasteiger partial charge on any atom is -0.374 e. The summed E-state index contributed by atoms with van der Waals surface area (Å²) in [5.41, 5.74) is 1.27. The molecule has 0 aromatic carbocycles. The van der Waals surface area contributed by atoms with Crippen molar-refractivity contribution in [3.8, 4) is 0 Å². The number of rotatable bonds is 11. The Bertz CT molecular complexity index is 221. The number of ether oxygens (including phenoxy) is 1. The van der Waals surface area contributed by atoms with E-state index in [1.165, 1.54) is 5.57 Å². The fourth-order valence-corrected chi connectivity index (χ4v) is 2.53. The Labute approximate surface area is 114 Å². The molecule has 0 bridgehead atoms. The molecule has 0 rings (SSSR count). The lowest BCUT2D eigenvalue weighted by atomic mass is 9.84. The summed E-state index contributed by atoms with van der Waals surface area (Å²) in [5, 5.41) is 3.68. The van der Waals surface area contributed by atoms with Crippen LogP contribution in [-0.4, -0.2) is 24.8 Å². The van der Waals surface area contributed by atoms with Crippen LogP contribution in [0.2, 0.25) is 0 Å². The van der Waals surface area contributed by atoms with Crippen LogP contribution in [0.15, 0.2) is 12.2 Å². The Morgan fingerprint density at radius 3 is 2.17 bits per heavy atom. The quantitative estimate of drug-likeness (QED) is 0.556. The van der Waals surface area contributed by atoms with Crippen LogP contribution in [0.4, 0.5) is 0 Å². The Hall–Kier alpha value is -0.340. The molecule has 18 heavy (non-hydrogen) atoms. The molecule has 0 aliphatic heterocycles. The predicted molar refractivity (Wildman–Crippen MR) is 81.1 cm³/mol. The molecule has 1 N–H and O–H groups in total. The highest BCUT2D eigenvalue weighted by atomic mass is 16.5. The third-order valence-electron chi connectivity index (χ3n) is 3.90. The maximum absolute atomic E-state index is 6.13. The molecule has 1 unspecified atom stereocenters. The van der Waals surface area contributed by atoms with Crippen molar-refractivity contribution in [3.05, 3.63) is 12.2 Å². The summed E-state index contributed by atoms with van der Waals surface area (Å²) in [6.07, 6.45) is 5.34. The van der Waals surface area contributed by atoms with Crippen molar-refractivity contribution in [2.24, 2.45) is 0 Å². The second kappa shape index (κ2) is 9.57. The normalized spacial score (nSPS) is 13.6. The standard InChI is InChI=1S/C16H33NO/c1-7-12-17-15(13-14(6)8-2)16(9-3,10-4)18-11-5/h15,17H,6-13H2,1-5H3. The van der Waals surface area contributed by atoms with E-state index in [0.717, 1.165) is 45.3 Å². The van der Waals surface area contributed by atoms with Crippen LogP contribution in [0.1, 0.15) is 66.7 Å². The molecule has 0 amide bonds. The summed E-state index contributed by atoms with van der Waals surface area (Å²) in [4.78, 5) is 0. The van der Waals surface area contributed by atoms with Gasteiger partial charge in [0.2, 0.25) is 0 Å². The molecule has 0 aliphatic carbocycles. The van der Waals surface area contributed by atoms with E-state index in [4.69, 9.17) is 4.74 Å². The molecule has 2 heteroatoms. The lowest BCUT2D eigenvalue weighted by Crippen LogP contribution is -2.52. The first-order chi connectivity index (χ1) is 8.60. The molecule has 0 saturated carbocycles. The smallest absolute Gasteiger partial charge is 0.0832 e. The third-order valence-corrected chi connectivity index (χ3v) is 3.90. The molecule has 0 aliphatic rings. The van der Waals surface area contributed by atoms with E-state index in [1.54, 1.807) is 0 Å². The van der Waals surface area contributed by atoms with E-state index in [1.807, 2.05) is 0 Å². The fraction of sp³-hybridized carbons (Fsp3) is 0.875. The number of hydrogen-bond donors (Lipinski definition) is 1. The van der Waals surface area contributed by atoms with Gasteiger partial charge in [-0.1, -0.05) is 39.8 Å². The van der Waals surface area contributed by atoms with Gasteiger partial charge in [0.15, 0.2) is 0 Å². The fourth-order valence-electron chi connectivity index (χ4n) is 2.53. The average Bonchev–Trinajstić information content (AvgIpc) is 2.40. The van der Waals surface area contributed by atoms with E-state index in [2.05, 4.69) is 46.5 Å². The Kier molecular flexibility index (Phi) is 9.39. The molecular weight excluding hydrogens is 222 g/mol. The molecule has 0 saturated heterocycles. The number of nitrogens with one attached hydrogen (secondary N) is 1. The maximum Gasteiger partial charge on any atom is 0.0832 e. The molecule has 0 fully saturated rings. The maximum atomic E-state index is 6.13. The molecule has 0 spiro atoms. The Morgan fingerprint density at radius 2 is 1.78 bits per heavy atom. The molecule has 0 radical (unpaired) electrons. The minimum absolute atomic E-state index is 0.0397. The van der Waals surface area contributed by atoms with Crippen LogP contribution in [0.3, 0.4) is 0 Å². The highest BCUT2D eigenvalue weighted by Gasteiger charge is 2.35. The van der Waals surface area contributed by atoms with Crippen LogP contribution in [0.25, 0.3) is 0 Å². The van der Waals surface area contributed by atoms with Crippen LogP contribution >= 0.6 is 0 Å². The molecule has 0 aromatic rings. The molecule has 108 valence electrons. The highest BCUT2D eigenvalue weighted by Crippen LogP contribution is 2.29. The second-order valence-corrected chi connectivity index (χ2v) is 5.02. The van der Waals surface area contributed by atoms with E-state index < -0.39 is 0 Å². The van der Waals surface area contributed by atoms with Crippen molar-refractivity contribution in [1.82, 2.24) is 5.32 Å². The van der Waals surface area contributed by atoms with Gasteiger partial charge >= 0.3 is 0 Å². The monoisotopic (exact) mass is 255 g/mol. The first kappa shape index (κ1) is 17.7. The minimum atomic E-state index is -0.0397. The summed E-state index contributed by atoms with van der Waals surface area (Å²) in [5.74, 6) is 0. The van der Waals surface area contributed by atoms with E-state index >= 15 is 0 Å². The predicted octanol–water partition coefficient (Wildman–Crippen LogP) is 4.31. The SMILES string of the molecule is C=C(CC)CC(NCCC)C(CC)(CC)OCC. The van der Waals surface area contributed by atoms with Gasteiger partial charge in [-0.3, -0.25) is 0 Å². The van der Waals surface area contributed by atoms with Gasteiger partial charge in [-0.05, 0) is 45.6 Å². The first-order valence-corrected chi connectivity index (χ1v) is 7.64. The third kappa shape index (κ3) is 5.11. The summed E-state index contributed by atoms with van der Waals surface area (Å²) < 4.78 is 6.13. The van der Waals surface area contributed by atoms with Gasteiger partial charge in [-0.25, -0.2) is 0 Å². The first-order valence-electron chi connectivity index (χ1n) is 7.64. The summed E-state index contributed by atoms with van der Waals surface area (Å²) in [6.45, 7) is 16.9. The molecule has 0 aromatic heterocycles. The Balaban J connectivity index is 4.89. The van der Waals surface area contributed by atoms with Gasteiger partial charge < -0.3 is 10.1 Å². The highest BCUT2D eigenvalue weighted by molar-refractivity contribution is 5.03. The van der Waals surface area contributed by atoms with Gasteiger partial charge in [0.05, 0.1) is 5.60 Å². The van der Waals surface area contributed by atoms with Crippen molar-refractivity contribution < 1.29 is 4.74 Å². The molecule has 0 heterocycles. The Morgan fingerprint density at radius 1 is 1.17 bits per heavy atom. The van der Waals surface area contributed by atoms with Crippen molar-refractivity contribution >= 4 is 0 Å². The topological polar surface area (TPSA) is 21.3 Å². The van der Waals surface area contributed by atoms with E-state index in [9.17, 15) is 0 Å². The van der Waals surface area contributed by atoms with Crippen LogP contribution in [-0.2, 0) is 4.74 Å². The lowest BCUT2D eigenvalue weighted by Gasteiger charge is -2.40. The summed E-state index contributed by atoms with van der Waals surface area (Å²) in [7, 11) is 0. The van der Waals surface area contributed by atoms with Crippen LogP contribution < -0.4 is 5.32 Å². The zero-order valence-electron chi connectivity index (χ0n) is 13.1. The average molecular weight is 255 g/mol. The van der Waals surface area contributed by atoms with Gasteiger partial charge in [0.1, 0.15) is 0 Å². The van der Waals surface area contributed by atoms with Crippen molar-refractivity contribution in [1.29, 1.82) is 0 Å². The zero-order valence-corrected chi connectivity index (χ0v) is 13.1. The molecular formula is C16H33NO. The van der Waals surface area contributed by atoms with E-state index in [-0.39, 0.29) is 5.60 Å². The summed E-state index contributed by atoms with van der Waals surface area (Å²) in [6, 6.07) is 0.389. The van der Waals surface area contributed by atoms with E-state index in [0.29, 0.717) is 6.04 Å². The van der Waals surface area contributed by atoms with Crippen molar-refractivity contribution in [2.45, 2.75) is 78.4 Å². The molecule has 2 nitrogen and oxygen atoms in total.